The lowest BCUT2D eigenvalue weighted by Gasteiger charge is -2.11. The summed E-state index contributed by atoms with van der Waals surface area (Å²) in [5, 5.41) is 10.8. The predicted octanol–water partition coefficient (Wildman–Crippen LogP) is 6.00. The van der Waals surface area contributed by atoms with E-state index in [1.54, 1.807) is 24.3 Å². The van der Waals surface area contributed by atoms with Crippen LogP contribution >= 0.6 is 23.1 Å². The molecular weight excluding hydrogens is 471 g/mol. The molecule has 0 saturated heterocycles. The van der Waals surface area contributed by atoms with Gasteiger partial charge in [0.05, 0.1) is 17.1 Å². The van der Waals surface area contributed by atoms with Crippen molar-refractivity contribution >= 4 is 45.9 Å². The molecule has 4 rings (SSSR count). The fourth-order valence-corrected chi connectivity index (χ4v) is 4.56. The van der Waals surface area contributed by atoms with Crippen molar-refractivity contribution in [1.82, 2.24) is 10.3 Å². The van der Waals surface area contributed by atoms with E-state index >= 15 is 0 Å². The third-order valence-electron chi connectivity index (χ3n) is 4.68. The van der Waals surface area contributed by atoms with Crippen molar-refractivity contribution in [1.29, 1.82) is 0 Å². The molecule has 0 bridgehead atoms. The Morgan fingerprint density at radius 1 is 0.912 bits per heavy atom. The zero-order valence-corrected chi connectivity index (χ0v) is 19.6. The number of thiazole rings is 1. The smallest absolute Gasteiger partial charge is 0.319 e. The molecule has 1 aromatic heterocycles. The lowest BCUT2D eigenvalue weighted by molar-refractivity contribution is -0.113. The van der Waals surface area contributed by atoms with E-state index in [4.69, 9.17) is 0 Å². The predicted molar refractivity (Wildman–Crippen MR) is 136 cm³/mol. The Balaban J connectivity index is 1.29. The molecule has 0 aliphatic carbocycles. The molecule has 0 aliphatic rings. The molecule has 172 valence electrons. The first-order chi connectivity index (χ1) is 16.6. The molecule has 3 N–H and O–H groups in total. The maximum atomic E-state index is 13.0. The fraction of sp³-hybridized carbons (Fsp3) is 0.0800. The number of nitrogens with one attached hydrogen (secondary N) is 3. The van der Waals surface area contributed by atoms with E-state index in [0.717, 1.165) is 21.7 Å². The Bertz CT molecular complexity index is 1260. The van der Waals surface area contributed by atoms with Crippen molar-refractivity contribution in [2.24, 2.45) is 0 Å². The standard InChI is InChI=1S/C25H21FN4O2S2/c26-19-12-10-17(11-13-19)14-27-24(32)28-20-8-4-5-9-22(20)33-16-23(31)30-25-29-21(15-34-25)18-6-2-1-3-7-18/h1-13,15H,14,16H2,(H2,27,28,32)(H,29,30,31). The third kappa shape index (κ3) is 6.66. The SMILES string of the molecule is O=C(CSc1ccccc1NC(=O)NCc1ccc(F)cc1)Nc1nc(-c2ccccc2)cs1. The van der Waals surface area contributed by atoms with Gasteiger partial charge in [-0.15, -0.1) is 23.1 Å². The van der Waals surface area contributed by atoms with Gasteiger partial charge in [-0.1, -0.05) is 54.6 Å². The van der Waals surface area contributed by atoms with Crippen LogP contribution in [0.3, 0.4) is 0 Å². The van der Waals surface area contributed by atoms with Crippen molar-refractivity contribution in [2.75, 3.05) is 16.4 Å². The summed E-state index contributed by atoms with van der Waals surface area (Å²) in [7, 11) is 0. The van der Waals surface area contributed by atoms with Crippen LogP contribution in [0.2, 0.25) is 0 Å². The minimum absolute atomic E-state index is 0.163. The van der Waals surface area contributed by atoms with Gasteiger partial charge in [-0.2, -0.15) is 0 Å². The lowest BCUT2D eigenvalue weighted by atomic mass is 10.2. The minimum atomic E-state index is -0.391. The number of benzene rings is 3. The van der Waals surface area contributed by atoms with Gasteiger partial charge >= 0.3 is 6.03 Å². The number of hydrogen-bond donors (Lipinski definition) is 3. The molecule has 3 amide bonds. The molecule has 3 aromatic carbocycles. The summed E-state index contributed by atoms with van der Waals surface area (Å²) in [4.78, 5) is 30.0. The normalized spacial score (nSPS) is 10.5. The molecule has 6 nitrogen and oxygen atoms in total. The van der Waals surface area contributed by atoms with Crippen LogP contribution in [-0.2, 0) is 11.3 Å². The van der Waals surface area contributed by atoms with Crippen molar-refractivity contribution in [3.05, 3.63) is 95.6 Å². The molecule has 34 heavy (non-hydrogen) atoms. The maximum absolute atomic E-state index is 13.0. The highest BCUT2D eigenvalue weighted by atomic mass is 32.2. The Morgan fingerprint density at radius 3 is 2.44 bits per heavy atom. The topological polar surface area (TPSA) is 83.1 Å². The first kappa shape index (κ1) is 23.5. The number of amides is 3. The second kappa shape index (κ2) is 11.4. The highest BCUT2D eigenvalue weighted by molar-refractivity contribution is 8.00. The van der Waals surface area contributed by atoms with Gasteiger partial charge < -0.3 is 16.0 Å². The molecule has 4 aromatic rings. The highest BCUT2D eigenvalue weighted by Gasteiger charge is 2.11. The summed E-state index contributed by atoms with van der Waals surface area (Å²) in [6.45, 7) is 0.266. The summed E-state index contributed by atoms with van der Waals surface area (Å²) in [5.74, 6) is -0.347. The Morgan fingerprint density at radius 2 is 1.65 bits per heavy atom. The number of anilines is 2. The van der Waals surface area contributed by atoms with Crippen LogP contribution in [0.1, 0.15) is 5.56 Å². The molecule has 9 heteroatoms. The van der Waals surface area contributed by atoms with Gasteiger partial charge in [0.2, 0.25) is 5.91 Å². The zero-order chi connectivity index (χ0) is 23.8. The average Bonchev–Trinajstić information content (AvgIpc) is 3.32. The molecular formula is C25H21FN4O2S2. The van der Waals surface area contributed by atoms with E-state index < -0.39 is 6.03 Å². The fourth-order valence-electron chi connectivity index (χ4n) is 3.02. The molecule has 0 atom stereocenters. The Labute approximate surface area is 204 Å². The largest absolute Gasteiger partial charge is 0.334 e. The molecule has 1 heterocycles. The summed E-state index contributed by atoms with van der Waals surface area (Å²) >= 11 is 2.69. The Hall–Kier alpha value is -3.69. The van der Waals surface area contributed by atoms with Gasteiger partial charge in [-0.25, -0.2) is 14.2 Å². The van der Waals surface area contributed by atoms with Gasteiger partial charge in [-0.05, 0) is 29.8 Å². The quantitative estimate of drug-likeness (QED) is 0.263. The number of para-hydroxylation sites is 1. The van der Waals surface area contributed by atoms with Gasteiger partial charge in [0.1, 0.15) is 5.82 Å². The van der Waals surface area contributed by atoms with Crippen molar-refractivity contribution < 1.29 is 14.0 Å². The minimum Gasteiger partial charge on any atom is -0.334 e. The van der Waals surface area contributed by atoms with E-state index in [-0.39, 0.29) is 24.0 Å². The molecule has 0 radical (unpaired) electrons. The summed E-state index contributed by atoms with van der Waals surface area (Å²) < 4.78 is 13.0. The van der Waals surface area contributed by atoms with E-state index in [0.29, 0.717) is 10.8 Å². The average molecular weight is 493 g/mol. The van der Waals surface area contributed by atoms with Crippen LogP contribution in [0, 0.1) is 5.82 Å². The Kier molecular flexibility index (Phi) is 7.90. The van der Waals surface area contributed by atoms with Gasteiger partial charge in [-0.3, -0.25) is 4.79 Å². The van der Waals surface area contributed by atoms with Gasteiger partial charge in [0.15, 0.2) is 5.13 Å². The molecule has 0 spiro atoms. The van der Waals surface area contributed by atoms with Crippen LogP contribution in [0.4, 0.5) is 20.0 Å². The summed E-state index contributed by atoms with van der Waals surface area (Å²) in [6.07, 6.45) is 0. The number of aromatic nitrogens is 1. The van der Waals surface area contributed by atoms with E-state index in [1.807, 2.05) is 47.8 Å². The van der Waals surface area contributed by atoms with Crippen LogP contribution in [0.25, 0.3) is 11.3 Å². The number of urea groups is 1. The van der Waals surface area contributed by atoms with Crippen molar-refractivity contribution in [2.45, 2.75) is 11.4 Å². The van der Waals surface area contributed by atoms with Crippen LogP contribution in [0.15, 0.2) is 89.1 Å². The van der Waals surface area contributed by atoms with Crippen LogP contribution < -0.4 is 16.0 Å². The monoisotopic (exact) mass is 492 g/mol. The third-order valence-corrected chi connectivity index (χ3v) is 6.51. The molecule has 0 aliphatic heterocycles. The number of carbonyl (C=O) groups is 2. The van der Waals surface area contributed by atoms with Crippen molar-refractivity contribution in [3.63, 3.8) is 0 Å². The number of rotatable bonds is 8. The summed E-state index contributed by atoms with van der Waals surface area (Å²) in [6, 6.07) is 22.6. The number of nitrogens with zero attached hydrogens (tertiary/aromatic N) is 1. The van der Waals surface area contributed by atoms with Crippen LogP contribution in [0.5, 0.6) is 0 Å². The van der Waals surface area contributed by atoms with E-state index in [9.17, 15) is 14.0 Å². The lowest BCUT2D eigenvalue weighted by Crippen LogP contribution is -2.28. The maximum Gasteiger partial charge on any atom is 0.319 e. The second-order valence-electron chi connectivity index (χ2n) is 7.17. The number of thioether (sulfide) groups is 1. The molecule has 0 saturated carbocycles. The van der Waals surface area contributed by atoms with Crippen LogP contribution in [-0.4, -0.2) is 22.7 Å². The van der Waals surface area contributed by atoms with Gasteiger partial charge in [0.25, 0.3) is 0 Å². The molecule has 0 unspecified atom stereocenters. The molecule has 0 fully saturated rings. The first-order valence-corrected chi connectivity index (χ1v) is 12.3. The number of halogens is 1. The second-order valence-corrected chi connectivity index (χ2v) is 9.05. The summed E-state index contributed by atoms with van der Waals surface area (Å²) in [5.41, 5.74) is 3.19. The van der Waals surface area contributed by atoms with Gasteiger partial charge in [0, 0.05) is 22.4 Å². The number of carbonyl (C=O) groups excluding carboxylic acids is 2. The highest BCUT2D eigenvalue weighted by Crippen LogP contribution is 2.28. The number of hydrogen-bond acceptors (Lipinski definition) is 5. The van der Waals surface area contributed by atoms with E-state index in [2.05, 4.69) is 20.9 Å². The van der Waals surface area contributed by atoms with E-state index in [1.165, 1.54) is 35.2 Å². The van der Waals surface area contributed by atoms with Crippen molar-refractivity contribution in [3.8, 4) is 11.3 Å². The zero-order valence-electron chi connectivity index (χ0n) is 18.0. The first-order valence-electron chi connectivity index (χ1n) is 10.4.